The number of nitrogens with one attached hydrogen (secondary N) is 1. The van der Waals surface area contributed by atoms with Crippen LogP contribution in [0.2, 0.25) is 0 Å². The van der Waals surface area contributed by atoms with Crippen LogP contribution in [0.15, 0.2) is 53.4 Å². The standard InChI is InChI=1S/C22H28N2O4S/c1-16-8-5-6-9-21(16)17(2)23-22(26)10-7-15-24(4)29(27,28)20-13-11-19(12-14-20)18(3)25/h5-6,8-9,11-14,17H,7,10,15H2,1-4H3,(H,23,26). The van der Waals surface area contributed by atoms with Gasteiger partial charge in [-0.2, -0.15) is 0 Å². The van der Waals surface area contributed by atoms with Crippen molar-refractivity contribution in [3.63, 3.8) is 0 Å². The van der Waals surface area contributed by atoms with Crippen LogP contribution in [0.25, 0.3) is 0 Å². The first-order chi connectivity index (χ1) is 13.6. The van der Waals surface area contributed by atoms with Gasteiger partial charge < -0.3 is 5.32 Å². The number of carbonyl (C=O) groups is 2. The van der Waals surface area contributed by atoms with E-state index in [1.165, 1.54) is 42.5 Å². The highest BCUT2D eigenvalue weighted by Crippen LogP contribution is 2.18. The Bertz CT molecular complexity index is 969. The number of amides is 1. The van der Waals surface area contributed by atoms with Crippen LogP contribution >= 0.6 is 0 Å². The highest BCUT2D eigenvalue weighted by Gasteiger charge is 2.21. The van der Waals surface area contributed by atoms with Crippen molar-refractivity contribution in [2.45, 2.75) is 44.6 Å². The van der Waals surface area contributed by atoms with Gasteiger partial charge >= 0.3 is 0 Å². The molecule has 1 atom stereocenters. The number of aryl methyl sites for hydroxylation is 1. The lowest BCUT2D eigenvalue weighted by Crippen LogP contribution is -2.30. The highest BCUT2D eigenvalue weighted by molar-refractivity contribution is 7.89. The van der Waals surface area contributed by atoms with E-state index in [4.69, 9.17) is 0 Å². The molecule has 0 bridgehead atoms. The lowest BCUT2D eigenvalue weighted by atomic mass is 10.0. The van der Waals surface area contributed by atoms with E-state index < -0.39 is 10.0 Å². The summed E-state index contributed by atoms with van der Waals surface area (Å²) < 4.78 is 26.5. The zero-order valence-electron chi connectivity index (χ0n) is 17.3. The summed E-state index contributed by atoms with van der Waals surface area (Å²) in [5.74, 6) is -0.231. The van der Waals surface area contributed by atoms with Crippen molar-refractivity contribution in [3.8, 4) is 0 Å². The second-order valence-electron chi connectivity index (χ2n) is 7.16. The van der Waals surface area contributed by atoms with E-state index in [2.05, 4.69) is 5.32 Å². The Kier molecular flexibility index (Phi) is 7.70. The lowest BCUT2D eigenvalue weighted by Gasteiger charge is -2.19. The molecule has 2 aromatic carbocycles. The molecule has 7 heteroatoms. The van der Waals surface area contributed by atoms with Gasteiger partial charge in [-0.15, -0.1) is 0 Å². The Morgan fingerprint density at radius 1 is 1.07 bits per heavy atom. The largest absolute Gasteiger partial charge is 0.350 e. The molecule has 1 N–H and O–H groups in total. The maximum Gasteiger partial charge on any atom is 0.242 e. The molecule has 0 aromatic heterocycles. The third kappa shape index (κ3) is 5.98. The molecule has 2 rings (SSSR count). The first kappa shape index (κ1) is 22.8. The fourth-order valence-electron chi connectivity index (χ4n) is 3.09. The van der Waals surface area contributed by atoms with Crippen LogP contribution in [0.1, 0.15) is 54.2 Å². The van der Waals surface area contributed by atoms with Crippen LogP contribution in [0.3, 0.4) is 0 Å². The summed E-state index contributed by atoms with van der Waals surface area (Å²) in [5.41, 5.74) is 2.64. The summed E-state index contributed by atoms with van der Waals surface area (Å²) >= 11 is 0. The minimum absolute atomic E-state index is 0.107. The summed E-state index contributed by atoms with van der Waals surface area (Å²) in [7, 11) is -2.17. The van der Waals surface area contributed by atoms with E-state index in [1.807, 2.05) is 38.1 Å². The number of sulfonamides is 1. The number of carbonyl (C=O) groups excluding carboxylic acids is 2. The molecule has 1 amide bonds. The van der Waals surface area contributed by atoms with Gasteiger partial charge in [-0.25, -0.2) is 12.7 Å². The zero-order chi connectivity index (χ0) is 21.6. The van der Waals surface area contributed by atoms with Gasteiger partial charge in [-0.1, -0.05) is 36.4 Å². The molecule has 0 saturated heterocycles. The predicted octanol–water partition coefficient (Wildman–Crippen LogP) is 3.48. The molecule has 0 saturated carbocycles. The summed E-state index contributed by atoms with van der Waals surface area (Å²) in [5, 5.41) is 2.96. The topological polar surface area (TPSA) is 83.6 Å². The van der Waals surface area contributed by atoms with Crippen molar-refractivity contribution >= 4 is 21.7 Å². The number of benzene rings is 2. The SMILES string of the molecule is CC(=O)c1ccc(S(=O)(=O)N(C)CCCC(=O)NC(C)c2ccccc2C)cc1. The molecule has 0 aliphatic heterocycles. The van der Waals surface area contributed by atoms with Gasteiger partial charge in [0.2, 0.25) is 15.9 Å². The molecule has 29 heavy (non-hydrogen) atoms. The Hall–Kier alpha value is -2.51. The van der Waals surface area contributed by atoms with Crippen molar-refractivity contribution in [1.29, 1.82) is 0 Å². The van der Waals surface area contributed by atoms with Gasteiger partial charge in [0.1, 0.15) is 0 Å². The van der Waals surface area contributed by atoms with Gasteiger partial charge in [-0.05, 0) is 50.5 Å². The van der Waals surface area contributed by atoms with Gasteiger partial charge in [0.05, 0.1) is 10.9 Å². The maximum atomic E-state index is 12.6. The molecule has 0 aliphatic carbocycles. The van der Waals surface area contributed by atoms with Gasteiger partial charge in [0.15, 0.2) is 5.78 Å². The van der Waals surface area contributed by atoms with E-state index in [0.29, 0.717) is 12.0 Å². The van der Waals surface area contributed by atoms with E-state index in [-0.39, 0.29) is 35.6 Å². The quantitative estimate of drug-likeness (QED) is 0.635. The third-order valence-electron chi connectivity index (χ3n) is 4.88. The molecule has 0 spiro atoms. The summed E-state index contributed by atoms with van der Waals surface area (Å²) in [6, 6.07) is 13.6. The first-order valence-corrected chi connectivity index (χ1v) is 11.0. The average Bonchev–Trinajstić information content (AvgIpc) is 2.68. The molecule has 0 radical (unpaired) electrons. The number of nitrogens with zero attached hydrogens (tertiary/aromatic N) is 1. The maximum absolute atomic E-state index is 12.6. The average molecular weight is 417 g/mol. The minimum atomic E-state index is -3.66. The molecular weight excluding hydrogens is 388 g/mol. The molecule has 0 aliphatic rings. The number of hydrogen-bond acceptors (Lipinski definition) is 4. The van der Waals surface area contributed by atoms with Crippen LogP contribution in [0, 0.1) is 6.92 Å². The van der Waals surface area contributed by atoms with Gasteiger partial charge in [0.25, 0.3) is 0 Å². The molecule has 1 unspecified atom stereocenters. The molecule has 156 valence electrons. The van der Waals surface area contributed by atoms with Crippen LogP contribution in [-0.4, -0.2) is 38.0 Å². The van der Waals surface area contributed by atoms with Gasteiger partial charge in [-0.3, -0.25) is 9.59 Å². The van der Waals surface area contributed by atoms with Crippen molar-refractivity contribution in [1.82, 2.24) is 9.62 Å². The predicted molar refractivity (Wildman–Crippen MR) is 113 cm³/mol. The first-order valence-electron chi connectivity index (χ1n) is 9.55. The molecule has 6 nitrogen and oxygen atoms in total. The molecular formula is C22H28N2O4S. The van der Waals surface area contributed by atoms with E-state index in [0.717, 1.165) is 11.1 Å². The van der Waals surface area contributed by atoms with E-state index >= 15 is 0 Å². The Morgan fingerprint density at radius 2 is 1.69 bits per heavy atom. The van der Waals surface area contributed by atoms with Gasteiger partial charge in [0, 0.05) is 25.6 Å². The van der Waals surface area contributed by atoms with Crippen molar-refractivity contribution in [2.24, 2.45) is 0 Å². The number of rotatable bonds is 9. The monoisotopic (exact) mass is 416 g/mol. The Morgan fingerprint density at radius 3 is 2.28 bits per heavy atom. The van der Waals surface area contributed by atoms with Crippen LogP contribution in [0.5, 0.6) is 0 Å². The Balaban J connectivity index is 1.88. The fraction of sp³-hybridized carbons (Fsp3) is 0.364. The molecule has 0 heterocycles. The second kappa shape index (κ2) is 9.80. The summed E-state index contributed by atoms with van der Waals surface area (Å²) in [6.45, 7) is 5.59. The van der Waals surface area contributed by atoms with Crippen LogP contribution < -0.4 is 5.32 Å². The normalized spacial score (nSPS) is 12.6. The summed E-state index contributed by atoms with van der Waals surface area (Å²) in [6.07, 6.45) is 0.646. The minimum Gasteiger partial charge on any atom is -0.350 e. The van der Waals surface area contributed by atoms with E-state index in [1.54, 1.807) is 0 Å². The highest BCUT2D eigenvalue weighted by atomic mass is 32.2. The fourth-order valence-corrected chi connectivity index (χ4v) is 4.30. The number of Topliss-reactive ketones (excluding diaryl/α,β-unsaturated/α-hetero) is 1. The third-order valence-corrected chi connectivity index (χ3v) is 6.75. The molecule has 2 aromatic rings. The zero-order valence-corrected chi connectivity index (χ0v) is 18.1. The molecule has 0 fully saturated rings. The number of ketones is 1. The van der Waals surface area contributed by atoms with Crippen LogP contribution in [0.4, 0.5) is 0 Å². The van der Waals surface area contributed by atoms with Crippen LogP contribution in [-0.2, 0) is 14.8 Å². The van der Waals surface area contributed by atoms with Crippen molar-refractivity contribution in [3.05, 3.63) is 65.2 Å². The lowest BCUT2D eigenvalue weighted by molar-refractivity contribution is -0.121. The number of hydrogen-bond donors (Lipinski definition) is 1. The second-order valence-corrected chi connectivity index (χ2v) is 9.20. The van der Waals surface area contributed by atoms with E-state index in [9.17, 15) is 18.0 Å². The van der Waals surface area contributed by atoms with Crippen molar-refractivity contribution in [2.75, 3.05) is 13.6 Å². The smallest absolute Gasteiger partial charge is 0.242 e. The van der Waals surface area contributed by atoms with Crippen molar-refractivity contribution < 1.29 is 18.0 Å². The summed E-state index contributed by atoms with van der Waals surface area (Å²) in [4.78, 5) is 23.7. The Labute approximate surface area is 173 Å².